The van der Waals surface area contributed by atoms with Crippen molar-refractivity contribution in [1.29, 1.82) is 0 Å². The van der Waals surface area contributed by atoms with Crippen LogP contribution in [0.1, 0.15) is 0 Å². The van der Waals surface area contributed by atoms with Gasteiger partial charge in [-0.25, -0.2) is 0 Å². The largest absolute Gasteiger partial charge is 0.310 e. The quantitative estimate of drug-likeness (QED) is 0.140. The van der Waals surface area contributed by atoms with Gasteiger partial charge in [0.1, 0.15) is 0 Å². The Kier molecular flexibility index (Phi) is 10.1. The minimum absolute atomic E-state index is 1.08. The Morgan fingerprint density at radius 2 is 0.725 bits per heavy atom. The molecule has 2 aromatic heterocycles. The number of hydrogen-bond acceptors (Lipinski definition) is 2. The van der Waals surface area contributed by atoms with Crippen LogP contribution in [0.4, 0.5) is 17.1 Å². The van der Waals surface area contributed by atoms with Gasteiger partial charge in [-0.3, -0.25) is 0 Å². The Labute approximate surface area is 405 Å². The fourth-order valence-corrected chi connectivity index (χ4v) is 11.5. The lowest BCUT2D eigenvalue weighted by Gasteiger charge is -2.29. The van der Waals surface area contributed by atoms with E-state index in [1.807, 2.05) is 11.3 Å². The molecule has 11 aromatic carbocycles. The SMILES string of the molecule is c1ccc(-c2ccc(-c3ccc(N(c4ccc(-c5ccccc5)cc4)c4ccc(-c5ccccc5-n5c6ccccc6c6ccccc65)cc4-c4cccc5sc6ccccc6c45)cc3)cc2)cc1. The maximum Gasteiger partial charge on any atom is 0.0541 e. The van der Waals surface area contributed by atoms with Gasteiger partial charge in [0.05, 0.1) is 22.4 Å². The Hall–Kier alpha value is -8.76. The maximum atomic E-state index is 2.45. The zero-order valence-corrected chi connectivity index (χ0v) is 38.5. The van der Waals surface area contributed by atoms with Crippen LogP contribution in [-0.2, 0) is 0 Å². The summed E-state index contributed by atoms with van der Waals surface area (Å²) in [6.45, 7) is 0. The number of para-hydroxylation sites is 3. The van der Waals surface area contributed by atoms with E-state index in [9.17, 15) is 0 Å². The van der Waals surface area contributed by atoms with Crippen molar-refractivity contribution in [3.8, 4) is 61.3 Å². The predicted molar refractivity (Wildman–Crippen MR) is 296 cm³/mol. The van der Waals surface area contributed by atoms with Gasteiger partial charge in [-0.15, -0.1) is 11.3 Å². The highest BCUT2D eigenvalue weighted by atomic mass is 32.1. The molecule has 13 aromatic rings. The molecule has 69 heavy (non-hydrogen) atoms. The second kappa shape index (κ2) is 17.2. The molecule has 0 spiro atoms. The van der Waals surface area contributed by atoms with Crippen molar-refractivity contribution in [1.82, 2.24) is 4.57 Å². The summed E-state index contributed by atoms with van der Waals surface area (Å²) in [6, 6.07) is 97.5. The first-order valence-corrected chi connectivity index (χ1v) is 24.4. The van der Waals surface area contributed by atoms with Crippen molar-refractivity contribution >= 4 is 70.4 Å². The lowest BCUT2D eigenvalue weighted by molar-refractivity contribution is 1.18. The van der Waals surface area contributed by atoms with Crippen LogP contribution in [0.15, 0.2) is 267 Å². The molecule has 0 aliphatic rings. The third-order valence-corrected chi connectivity index (χ3v) is 14.8. The number of thiophene rings is 1. The molecule has 0 radical (unpaired) electrons. The third kappa shape index (κ3) is 7.20. The van der Waals surface area contributed by atoms with Gasteiger partial charge in [0, 0.05) is 53.4 Å². The van der Waals surface area contributed by atoms with Gasteiger partial charge in [0.2, 0.25) is 0 Å². The number of hydrogen-bond donors (Lipinski definition) is 0. The number of nitrogens with zero attached hydrogens (tertiary/aromatic N) is 2. The average Bonchev–Trinajstić information content (AvgIpc) is 3.98. The first-order valence-electron chi connectivity index (χ1n) is 23.6. The van der Waals surface area contributed by atoms with Gasteiger partial charge < -0.3 is 9.47 Å². The van der Waals surface area contributed by atoms with Gasteiger partial charge in [0.15, 0.2) is 0 Å². The van der Waals surface area contributed by atoms with E-state index >= 15 is 0 Å². The van der Waals surface area contributed by atoms with Crippen molar-refractivity contribution in [2.45, 2.75) is 0 Å². The third-order valence-electron chi connectivity index (χ3n) is 13.6. The lowest BCUT2D eigenvalue weighted by Crippen LogP contribution is -2.11. The molecule has 0 atom stereocenters. The minimum atomic E-state index is 1.08. The first-order chi connectivity index (χ1) is 34.2. The Bertz CT molecular complexity index is 3930. The predicted octanol–water partition coefficient (Wildman–Crippen LogP) is 19.0. The fourth-order valence-electron chi connectivity index (χ4n) is 10.4. The highest BCUT2D eigenvalue weighted by Gasteiger charge is 2.23. The summed E-state index contributed by atoms with van der Waals surface area (Å²) in [5.74, 6) is 0. The fraction of sp³-hybridized carbons (Fsp3) is 0. The van der Waals surface area contributed by atoms with Gasteiger partial charge in [0.25, 0.3) is 0 Å². The molecule has 324 valence electrons. The summed E-state index contributed by atoms with van der Waals surface area (Å²) in [7, 11) is 0. The van der Waals surface area contributed by atoms with E-state index in [-0.39, 0.29) is 0 Å². The topological polar surface area (TPSA) is 8.17 Å². The first kappa shape index (κ1) is 40.5. The number of benzene rings is 11. The van der Waals surface area contributed by atoms with Crippen molar-refractivity contribution in [2.75, 3.05) is 4.90 Å². The summed E-state index contributed by atoms with van der Waals surface area (Å²) >= 11 is 1.86. The zero-order valence-electron chi connectivity index (χ0n) is 37.7. The van der Waals surface area contributed by atoms with Crippen LogP contribution in [0, 0.1) is 0 Å². The van der Waals surface area contributed by atoms with Gasteiger partial charge in [-0.1, -0.05) is 200 Å². The second-order valence-electron chi connectivity index (χ2n) is 17.6. The van der Waals surface area contributed by atoms with E-state index in [1.54, 1.807) is 0 Å². The van der Waals surface area contributed by atoms with Crippen molar-refractivity contribution < 1.29 is 0 Å². The van der Waals surface area contributed by atoms with Crippen LogP contribution >= 0.6 is 11.3 Å². The lowest BCUT2D eigenvalue weighted by atomic mass is 9.92. The van der Waals surface area contributed by atoms with Crippen LogP contribution in [0.25, 0.3) is 103 Å². The normalized spacial score (nSPS) is 11.5. The van der Waals surface area contributed by atoms with E-state index < -0.39 is 0 Å². The van der Waals surface area contributed by atoms with E-state index in [2.05, 4.69) is 276 Å². The summed E-state index contributed by atoms with van der Waals surface area (Å²) < 4.78 is 5.00. The van der Waals surface area contributed by atoms with Crippen LogP contribution in [0.5, 0.6) is 0 Å². The summed E-state index contributed by atoms with van der Waals surface area (Å²) in [6.07, 6.45) is 0. The number of fused-ring (bicyclic) bond motifs is 6. The highest BCUT2D eigenvalue weighted by molar-refractivity contribution is 7.25. The molecule has 0 aliphatic heterocycles. The molecule has 0 bridgehead atoms. The molecular formula is C66H44N2S. The molecule has 13 rings (SSSR count). The highest BCUT2D eigenvalue weighted by Crippen LogP contribution is 2.48. The van der Waals surface area contributed by atoms with E-state index in [1.165, 1.54) is 86.5 Å². The van der Waals surface area contributed by atoms with Gasteiger partial charge in [-0.2, -0.15) is 0 Å². The standard InChI is InChI=1S/C66H44N2S/c1-3-16-45(17-4-1)47-30-32-48(33-31-47)50-36-41-53(42-37-50)67(52-39-34-49(35-40-52)46-18-5-2-6-19-46)63-43-38-51(44-59(63)57-24-15-29-65-66(57)58-23-10-14-28-64(58)69-65)54-20-7-11-25-60(54)68-61-26-12-8-21-55(61)56-22-9-13-27-62(56)68/h1-44H. The average molecular weight is 897 g/mol. The van der Waals surface area contributed by atoms with Crippen molar-refractivity contribution in [3.05, 3.63) is 267 Å². The van der Waals surface area contributed by atoms with Crippen LogP contribution < -0.4 is 4.90 Å². The van der Waals surface area contributed by atoms with E-state index in [0.717, 1.165) is 33.9 Å². The van der Waals surface area contributed by atoms with Crippen LogP contribution in [0.3, 0.4) is 0 Å². The summed E-state index contributed by atoms with van der Waals surface area (Å²) in [5, 5.41) is 5.05. The molecule has 3 heteroatoms. The molecule has 0 fully saturated rings. The van der Waals surface area contributed by atoms with Crippen molar-refractivity contribution in [3.63, 3.8) is 0 Å². The smallest absolute Gasteiger partial charge is 0.0541 e. The summed E-state index contributed by atoms with van der Waals surface area (Å²) in [5.41, 5.74) is 18.6. The van der Waals surface area contributed by atoms with Gasteiger partial charge >= 0.3 is 0 Å². The molecule has 2 heterocycles. The molecule has 0 amide bonds. The van der Waals surface area contributed by atoms with Crippen molar-refractivity contribution in [2.24, 2.45) is 0 Å². The minimum Gasteiger partial charge on any atom is -0.310 e. The Morgan fingerprint density at radius 1 is 0.290 bits per heavy atom. The molecule has 0 unspecified atom stereocenters. The summed E-state index contributed by atoms with van der Waals surface area (Å²) in [4.78, 5) is 2.45. The number of rotatable bonds is 9. The van der Waals surface area contributed by atoms with E-state index in [4.69, 9.17) is 0 Å². The maximum absolute atomic E-state index is 2.45. The molecule has 0 saturated heterocycles. The number of anilines is 3. The molecule has 0 N–H and O–H groups in total. The molecule has 0 saturated carbocycles. The van der Waals surface area contributed by atoms with Crippen LogP contribution in [-0.4, -0.2) is 4.57 Å². The Balaban J connectivity index is 1.02. The molecular weight excluding hydrogens is 853 g/mol. The monoisotopic (exact) mass is 896 g/mol. The Morgan fingerprint density at radius 3 is 1.32 bits per heavy atom. The number of aromatic nitrogens is 1. The second-order valence-corrected chi connectivity index (χ2v) is 18.7. The molecule has 2 nitrogen and oxygen atoms in total. The molecule has 0 aliphatic carbocycles. The van der Waals surface area contributed by atoms with Gasteiger partial charge in [-0.05, 0) is 111 Å². The van der Waals surface area contributed by atoms with Crippen LogP contribution in [0.2, 0.25) is 0 Å². The van der Waals surface area contributed by atoms with E-state index in [0.29, 0.717) is 0 Å². The zero-order chi connectivity index (χ0) is 45.7.